The number of nitrogens with zero attached hydrogens (tertiary/aromatic N) is 1. The average molecular weight is 345 g/mol. The number of esters is 1. The van der Waals surface area contributed by atoms with Gasteiger partial charge in [0.25, 0.3) is 0 Å². The summed E-state index contributed by atoms with van der Waals surface area (Å²) >= 11 is 0. The van der Waals surface area contributed by atoms with Crippen molar-refractivity contribution in [2.75, 3.05) is 0 Å². The van der Waals surface area contributed by atoms with Crippen LogP contribution in [0.15, 0.2) is 42.5 Å². The van der Waals surface area contributed by atoms with E-state index in [2.05, 4.69) is 0 Å². The molecule has 0 heterocycles. The van der Waals surface area contributed by atoms with E-state index >= 15 is 0 Å². The normalized spacial score (nSPS) is 20.7. The molecule has 0 atom stereocenters. The van der Waals surface area contributed by atoms with E-state index in [0.717, 1.165) is 50.7 Å². The number of hydrogen-bond donors (Lipinski definition) is 0. The Hall–Kier alpha value is -2.48. The van der Waals surface area contributed by atoms with Gasteiger partial charge in [0.15, 0.2) is 11.6 Å². The van der Waals surface area contributed by atoms with Crippen LogP contribution in [-0.2, 0) is 4.79 Å². The fourth-order valence-electron chi connectivity index (χ4n) is 3.03. The summed E-state index contributed by atoms with van der Waals surface area (Å²) in [6.07, 6.45) is 12.5. The Morgan fingerprint density at radius 1 is 1.20 bits per heavy atom. The van der Waals surface area contributed by atoms with Crippen LogP contribution in [0.3, 0.4) is 0 Å². The first-order valence-electron chi connectivity index (χ1n) is 8.48. The lowest BCUT2D eigenvalue weighted by atomic mass is 9.80. The predicted molar refractivity (Wildman–Crippen MR) is 90.6 cm³/mol. The van der Waals surface area contributed by atoms with E-state index in [-0.39, 0.29) is 17.6 Å². The van der Waals surface area contributed by atoms with Crippen LogP contribution in [0.5, 0.6) is 5.75 Å². The van der Waals surface area contributed by atoms with Crippen LogP contribution in [0.4, 0.5) is 8.78 Å². The average Bonchev–Trinajstić information content (AvgIpc) is 2.61. The lowest BCUT2D eigenvalue weighted by Crippen LogP contribution is -2.25. The molecule has 0 unspecified atom stereocenters. The Labute approximate surface area is 146 Å². The molecule has 0 amide bonds. The standard InChI is InChI=1S/C20H21F2NO2/c21-18-12-11-17(14-19(18)22)25-20(24)16-9-7-15(8-10-16)6-4-2-1-3-5-13-23/h1-3,5,11-12,14-16H,4,6-10H2/t15-,16-. The topological polar surface area (TPSA) is 50.1 Å². The second-order valence-electron chi connectivity index (χ2n) is 6.21. The van der Waals surface area contributed by atoms with Crippen LogP contribution in [0.25, 0.3) is 0 Å². The molecule has 3 nitrogen and oxygen atoms in total. The second kappa shape index (κ2) is 9.73. The number of carbonyl (C=O) groups is 1. The zero-order valence-corrected chi connectivity index (χ0v) is 14.0. The summed E-state index contributed by atoms with van der Waals surface area (Å²) in [5.41, 5.74) is 0. The second-order valence-corrected chi connectivity index (χ2v) is 6.21. The maximum atomic E-state index is 13.1. The Morgan fingerprint density at radius 3 is 2.64 bits per heavy atom. The van der Waals surface area contributed by atoms with Gasteiger partial charge in [-0.05, 0) is 56.6 Å². The quantitative estimate of drug-likeness (QED) is 0.312. The number of benzene rings is 1. The van der Waals surface area contributed by atoms with E-state index in [4.69, 9.17) is 10.00 Å². The number of ether oxygens (including phenoxy) is 1. The van der Waals surface area contributed by atoms with Gasteiger partial charge in [-0.15, -0.1) is 0 Å². The zero-order chi connectivity index (χ0) is 18.1. The smallest absolute Gasteiger partial charge is 0.314 e. The zero-order valence-electron chi connectivity index (χ0n) is 14.0. The monoisotopic (exact) mass is 345 g/mol. The molecule has 1 fully saturated rings. The first-order valence-corrected chi connectivity index (χ1v) is 8.48. The highest BCUT2D eigenvalue weighted by Crippen LogP contribution is 2.32. The van der Waals surface area contributed by atoms with Crippen molar-refractivity contribution in [3.8, 4) is 11.8 Å². The molecule has 25 heavy (non-hydrogen) atoms. The van der Waals surface area contributed by atoms with Crippen molar-refractivity contribution in [1.29, 1.82) is 5.26 Å². The number of carbonyl (C=O) groups excluding carboxylic acids is 1. The Balaban J connectivity index is 1.73. The third-order valence-corrected chi connectivity index (χ3v) is 4.45. The summed E-state index contributed by atoms with van der Waals surface area (Å²) in [6, 6.07) is 5.04. The maximum Gasteiger partial charge on any atom is 0.314 e. The maximum absolute atomic E-state index is 13.1. The van der Waals surface area contributed by atoms with E-state index in [0.29, 0.717) is 5.92 Å². The first-order chi connectivity index (χ1) is 12.1. The van der Waals surface area contributed by atoms with Crippen LogP contribution in [0.2, 0.25) is 0 Å². The van der Waals surface area contributed by atoms with Crippen molar-refractivity contribution in [3.63, 3.8) is 0 Å². The van der Waals surface area contributed by atoms with Gasteiger partial charge in [0.2, 0.25) is 0 Å². The van der Waals surface area contributed by atoms with Gasteiger partial charge >= 0.3 is 5.97 Å². The van der Waals surface area contributed by atoms with Gasteiger partial charge in [-0.3, -0.25) is 4.79 Å². The fraction of sp³-hybridized carbons (Fsp3) is 0.400. The van der Waals surface area contributed by atoms with E-state index in [1.165, 1.54) is 12.1 Å². The van der Waals surface area contributed by atoms with Crippen molar-refractivity contribution in [1.82, 2.24) is 0 Å². The third kappa shape index (κ3) is 6.15. The summed E-state index contributed by atoms with van der Waals surface area (Å²) in [5, 5.41) is 8.37. The molecular formula is C20H21F2NO2. The van der Waals surface area contributed by atoms with Gasteiger partial charge < -0.3 is 4.74 Å². The van der Waals surface area contributed by atoms with Crippen LogP contribution in [-0.4, -0.2) is 5.97 Å². The molecule has 0 spiro atoms. The number of halogens is 2. The van der Waals surface area contributed by atoms with E-state index < -0.39 is 11.6 Å². The highest BCUT2D eigenvalue weighted by atomic mass is 19.2. The highest BCUT2D eigenvalue weighted by molar-refractivity contribution is 5.75. The van der Waals surface area contributed by atoms with Crippen molar-refractivity contribution >= 4 is 5.97 Å². The van der Waals surface area contributed by atoms with Gasteiger partial charge in [0, 0.05) is 12.1 Å². The molecule has 1 aromatic rings. The Bertz CT molecular complexity index is 683. The molecule has 0 bridgehead atoms. The van der Waals surface area contributed by atoms with Crippen LogP contribution in [0.1, 0.15) is 38.5 Å². The van der Waals surface area contributed by atoms with Crippen molar-refractivity contribution in [2.24, 2.45) is 11.8 Å². The Kier molecular flexibility index (Phi) is 7.34. The van der Waals surface area contributed by atoms with Gasteiger partial charge in [0.1, 0.15) is 5.75 Å². The predicted octanol–water partition coefficient (Wildman–Crippen LogP) is 5.09. The fourth-order valence-corrected chi connectivity index (χ4v) is 3.03. The van der Waals surface area contributed by atoms with Crippen LogP contribution in [0, 0.1) is 34.8 Å². The highest BCUT2D eigenvalue weighted by Gasteiger charge is 2.27. The molecule has 1 aromatic carbocycles. The molecule has 1 saturated carbocycles. The summed E-state index contributed by atoms with van der Waals surface area (Å²) in [7, 11) is 0. The minimum absolute atomic E-state index is 0.0431. The largest absolute Gasteiger partial charge is 0.426 e. The van der Waals surface area contributed by atoms with Crippen LogP contribution >= 0.6 is 0 Å². The van der Waals surface area contributed by atoms with Crippen LogP contribution < -0.4 is 4.74 Å². The lowest BCUT2D eigenvalue weighted by molar-refractivity contribution is -0.140. The van der Waals surface area contributed by atoms with Crippen molar-refractivity contribution < 1.29 is 18.3 Å². The molecular weight excluding hydrogens is 324 g/mol. The molecule has 0 saturated heterocycles. The number of rotatable bonds is 6. The molecule has 5 heteroatoms. The van der Waals surface area contributed by atoms with Crippen molar-refractivity contribution in [3.05, 3.63) is 54.1 Å². The number of nitriles is 1. The summed E-state index contributed by atoms with van der Waals surface area (Å²) < 4.78 is 31.2. The summed E-state index contributed by atoms with van der Waals surface area (Å²) in [5.74, 6) is -1.91. The van der Waals surface area contributed by atoms with E-state index in [9.17, 15) is 13.6 Å². The molecule has 0 radical (unpaired) electrons. The molecule has 132 valence electrons. The molecule has 0 N–H and O–H groups in total. The molecule has 0 aromatic heterocycles. The minimum Gasteiger partial charge on any atom is -0.426 e. The Morgan fingerprint density at radius 2 is 1.96 bits per heavy atom. The van der Waals surface area contributed by atoms with Gasteiger partial charge in [-0.2, -0.15) is 5.26 Å². The van der Waals surface area contributed by atoms with Crippen molar-refractivity contribution in [2.45, 2.75) is 38.5 Å². The van der Waals surface area contributed by atoms with Gasteiger partial charge in [0.05, 0.1) is 12.0 Å². The third-order valence-electron chi connectivity index (χ3n) is 4.45. The summed E-state index contributed by atoms with van der Waals surface area (Å²) in [4.78, 5) is 12.1. The summed E-state index contributed by atoms with van der Waals surface area (Å²) in [6.45, 7) is 0. The molecule has 1 aliphatic carbocycles. The molecule has 0 aliphatic heterocycles. The minimum atomic E-state index is -1.02. The van der Waals surface area contributed by atoms with E-state index in [1.54, 1.807) is 6.08 Å². The van der Waals surface area contributed by atoms with E-state index in [1.807, 2.05) is 18.2 Å². The van der Waals surface area contributed by atoms with Gasteiger partial charge in [-0.1, -0.05) is 18.2 Å². The SMILES string of the molecule is N#CC=CC=CCC[C@H]1CC[C@H](C(=O)Oc2ccc(F)c(F)c2)CC1. The van der Waals surface area contributed by atoms with Gasteiger partial charge in [-0.25, -0.2) is 8.78 Å². The number of hydrogen-bond acceptors (Lipinski definition) is 3. The number of allylic oxidation sites excluding steroid dienone is 4. The molecule has 2 rings (SSSR count). The first kappa shape index (κ1) is 18.9. The molecule has 1 aliphatic rings. The lowest BCUT2D eigenvalue weighted by Gasteiger charge is -2.26.